The molecule has 3 N–H and O–H groups in total. The van der Waals surface area contributed by atoms with Crippen LogP contribution in [0.1, 0.15) is 59.3 Å². The third-order valence-electron chi connectivity index (χ3n) is 4.36. The van der Waals surface area contributed by atoms with Gasteiger partial charge in [-0.2, -0.15) is 0 Å². The maximum absolute atomic E-state index is 11.7. The minimum atomic E-state index is -0.441. The molecule has 0 heterocycles. The zero-order chi connectivity index (χ0) is 15.5. The van der Waals surface area contributed by atoms with Gasteiger partial charge in [-0.3, -0.25) is 0 Å². The van der Waals surface area contributed by atoms with Crippen LogP contribution in [0.4, 0.5) is 4.79 Å². The summed E-state index contributed by atoms with van der Waals surface area (Å²) in [5, 5.41) is 16.1. The lowest BCUT2D eigenvalue weighted by molar-refractivity contribution is 0.0505. The molecule has 2 rings (SSSR count). The first kappa shape index (κ1) is 16.6. The van der Waals surface area contributed by atoms with Gasteiger partial charge >= 0.3 is 6.09 Å². The zero-order valence-corrected chi connectivity index (χ0v) is 13.5. The number of hydrogen-bond acceptors (Lipinski definition) is 4. The maximum atomic E-state index is 11.7. The molecule has 0 radical (unpaired) electrons. The molecule has 0 spiro atoms. The Hall–Kier alpha value is -0.810. The summed E-state index contributed by atoms with van der Waals surface area (Å²) in [5.41, 5.74) is -0.441. The molecule has 0 bridgehead atoms. The fourth-order valence-electron chi connectivity index (χ4n) is 3.34. The second kappa shape index (κ2) is 6.97. The molecule has 2 aliphatic rings. The van der Waals surface area contributed by atoms with E-state index in [1.54, 1.807) is 0 Å². The van der Waals surface area contributed by atoms with Gasteiger partial charge in [0.15, 0.2) is 0 Å². The molecular formula is C16H30N2O3. The molecule has 4 atom stereocenters. The Morgan fingerprint density at radius 2 is 1.86 bits per heavy atom. The van der Waals surface area contributed by atoms with E-state index in [0.29, 0.717) is 12.0 Å². The Bertz CT molecular complexity index is 354. The van der Waals surface area contributed by atoms with Crippen molar-refractivity contribution in [1.29, 1.82) is 0 Å². The van der Waals surface area contributed by atoms with Crippen molar-refractivity contribution in [2.45, 2.75) is 83.1 Å². The van der Waals surface area contributed by atoms with E-state index in [0.717, 1.165) is 45.1 Å². The zero-order valence-electron chi connectivity index (χ0n) is 13.5. The predicted octanol–water partition coefficient (Wildman–Crippen LogP) is 2.18. The second-order valence-electron chi connectivity index (χ2n) is 7.59. The highest BCUT2D eigenvalue weighted by molar-refractivity contribution is 5.68. The number of carbonyl (C=O) groups excluding carboxylic acids is 1. The third kappa shape index (κ3) is 5.83. The van der Waals surface area contributed by atoms with Crippen LogP contribution in [0.2, 0.25) is 0 Å². The van der Waals surface area contributed by atoms with Crippen molar-refractivity contribution < 1.29 is 14.6 Å². The molecule has 0 aromatic heterocycles. The first-order valence-corrected chi connectivity index (χ1v) is 8.23. The predicted molar refractivity (Wildman–Crippen MR) is 82.1 cm³/mol. The summed E-state index contributed by atoms with van der Waals surface area (Å²) in [4.78, 5) is 11.7. The number of carbonyl (C=O) groups is 1. The van der Waals surface area contributed by atoms with Crippen LogP contribution in [-0.2, 0) is 4.74 Å². The molecular weight excluding hydrogens is 268 g/mol. The standard InChI is InChI=1S/C16H30N2O3/c1-16(2,3)21-15(20)18-13-6-5-12(9-13)17-10-11-4-7-14(19)8-11/h11-14,17,19H,4-10H2,1-3H3,(H,18,20). The van der Waals surface area contributed by atoms with Crippen LogP contribution < -0.4 is 10.6 Å². The van der Waals surface area contributed by atoms with Crippen molar-refractivity contribution in [3.8, 4) is 0 Å². The van der Waals surface area contributed by atoms with Gasteiger partial charge in [-0.25, -0.2) is 4.79 Å². The normalized spacial score (nSPS) is 33.1. The molecule has 2 fully saturated rings. The highest BCUT2D eigenvalue weighted by Gasteiger charge is 2.29. The smallest absolute Gasteiger partial charge is 0.407 e. The molecule has 4 unspecified atom stereocenters. The van der Waals surface area contributed by atoms with Crippen molar-refractivity contribution >= 4 is 6.09 Å². The van der Waals surface area contributed by atoms with E-state index in [4.69, 9.17) is 4.74 Å². The molecule has 122 valence electrons. The van der Waals surface area contributed by atoms with E-state index in [9.17, 15) is 9.90 Å². The summed E-state index contributed by atoms with van der Waals surface area (Å²) in [6.45, 7) is 6.62. The molecule has 21 heavy (non-hydrogen) atoms. The number of alkyl carbamates (subject to hydrolysis) is 1. The van der Waals surface area contributed by atoms with Crippen molar-refractivity contribution in [3.63, 3.8) is 0 Å². The van der Waals surface area contributed by atoms with Crippen LogP contribution in [0.25, 0.3) is 0 Å². The maximum Gasteiger partial charge on any atom is 0.407 e. The number of ether oxygens (including phenoxy) is 1. The summed E-state index contributed by atoms with van der Waals surface area (Å²) in [6.07, 6.45) is 5.66. The third-order valence-corrected chi connectivity index (χ3v) is 4.36. The monoisotopic (exact) mass is 298 g/mol. The van der Waals surface area contributed by atoms with Crippen molar-refractivity contribution in [2.75, 3.05) is 6.54 Å². The minimum Gasteiger partial charge on any atom is -0.444 e. The van der Waals surface area contributed by atoms with Crippen LogP contribution in [0.5, 0.6) is 0 Å². The molecule has 0 saturated heterocycles. The SMILES string of the molecule is CC(C)(C)OC(=O)NC1CCC(NCC2CCC(O)C2)C1. The van der Waals surface area contributed by atoms with Gasteiger partial charge in [0.1, 0.15) is 5.60 Å². The first-order chi connectivity index (χ1) is 9.82. The number of amides is 1. The molecule has 2 aliphatic carbocycles. The van der Waals surface area contributed by atoms with E-state index in [1.165, 1.54) is 0 Å². The fraction of sp³-hybridized carbons (Fsp3) is 0.938. The van der Waals surface area contributed by atoms with Crippen LogP contribution in [0.3, 0.4) is 0 Å². The Kier molecular flexibility index (Phi) is 5.49. The molecule has 0 aliphatic heterocycles. The highest BCUT2D eigenvalue weighted by atomic mass is 16.6. The van der Waals surface area contributed by atoms with E-state index < -0.39 is 5.60 Å². The average Bonchev–Trinajstić information content (AvgIpc) is 2.93. The Morgan fingerprint density at radius 3 is 2.48 bits per heavy atom. The van der Waals surface area contributed by atoms with Gasteiger partial charge in [0.05, 0.1) is 6.10 Å². The lowest BCUT2D eigenvalue weighted by atomic mass is 10.1. The summed E-state index contributed by atoms with van der Waals surface area (Å²) in [5.74, 6) is 0.609. The number of nitrogens with one attached hydrogen (secondary N) is 2. The van der Waals surface area contributed by atoms with Crippen LogP contribution in [0.15, 0.2) is 0 Å². The number of hydrogen-bond donors (Lipinski definition) is 3. The van der Waals surface area contributed by atoms with E-state index in [2.05, 4.69) is 10.6 Å². The fourth-order valence-corrected chi connectivity index (χ4v) is 3.34. The van der Waals surface area contributed by atoms with E-state index in [1.807, 2.05) is 20.8 Å². The Balaban J connectivity index is 1.63. The summed E-state index contributed by atoms with van der Waals surface area (Å²) < 4.78 is 5.29. The van der Waals surface area contributed by atoms with Crippen LogP contribution in [0, 0.1) is 5.92 Å². The first-order valence-electron chi connectivity index (χ1n) is 8.23. The lowest BCUT2D eigenvalue weighted by Gasteiger charge is -2.22. The van der Waals surface area contributed by atoms with Crippen molar-refractivity contribution in [1.82, 2.24) is 10.6 Å². The Morgan fingerprint density at radius 1 is 1.14 bits per heavy atom. The minimum absolute atomic E-state index is 0.0954. The summed E-state index contributed by atoms with van der Waals surface area (Å²) in [7, 11) is 0. The largest absolute Gasteiger partial charge is 0.444 e. The molecule has 5 nitrogen and oxygen atoms in total. The van der Waals surface area contributed by atoms with Gasteiger partial charge in [0, 0.05) is 12.1 Å². The topological polar surface area (TPSA) is 70.6 Å². The second-order valence-corrected chi connectivity index (χ2v) is 7.59. The van der Waals surface area contributed by atoms with Gasteiger partial charge in [-0.15, -0.1) is 0 Å². The number of rotatable bonds is 4. The molecule has 0 aromatic carbocycles. The highest BCUT2D eigenvalue weighted by Crippen LogP contribution is 2.26. The number of aliphatic hydroxyl groups excluding tert-OH is 1. The summed E-state index contributed by atoms with van der Waals surface area (Å²) in [6, 6.07) is 0.689. The van der Waals surface area contributed by atoms with Crippen molar-refractivity contribution in [2.24, 2.45) is 5.92 Å². The number of aliphatic hydroxyl groups is 1. The Labute approximate surface area is 127 Å². The van der Waals surface area contributed by atoms with Gasteiger partial charge < -0.3 is 20.5 Å². The molecule has 2 saturated carbocycles. The lowest BCUT2D eigenvalue weighted by Crippen LogP contribution is -2.39. The van der Waals surface area contributed by atoms with Crippen LogP contribution in [-0.4, -0.2) is 41.5 Å². The van der Waals surface area contributed by atoms with Gasteiger partial charge in [0.2, 0.25) is 0 Å². The van der Waals surface area contributed by atoms with Gasteiger partial charge in [-0.1, -0.05) is 0 Å². The van der Waals surface area contributed by atoms with E-state index in [-0.39, 0.29) is 18.2 Å². The molecule has 0 aromatic rings. The quantitative estimate of drug-likeness (QED) is 0.744. The average molecular weight is 298 g/mol. The molecule has 5 heteroatoms. The van der Waals surface area contributed by atoms with E-state index >= 15 is 0 Å². The van der Waals surface area contributed by atoms with Gasteiger partial charge in [0.25, 0.3) is 0 Å². The van der Waals surface area contributed by atoms with Crippen molar-refractivity contribution in [3.05, 3.63) is 0 Å². The van der Waals surface area contributed by atoms with Gasteiger partial charge in [-0.05, 0) is 71.8 Å². The molecule has 1 amide bonds. The van der Waals surface area contributed by atoms with Crippen LogP contribution >= 0.6 is 0 Å². The summed E-state index contributed by atoms with van der Waals surface area (Å²) >= 11 is 0.